The van der Waals surface area contributed by atoms with Crippen LogP contribution in [-0.2, 0) is 26.4 Å². The molecule has 0 bridgehead atoms. The van der Waals surface area contributed by atoms with Gasteiger partial charge in [-0.1, -0.05) is 112 Å². The Kier molecular flexibility index (Phi) is 15.5. The second-order valence-corrected chi connectivity index (χ2v) is 21.1. The van der Waals surface area contributed by atoms with E-state index in [1.165, 1.54) is 53.5 Å². The monoisotopic (exact) mass is 980 g/mol. The van der Waals surface area contributed by atoms with Crippen molar-refractivity contribution < 1.29 is 4.39 Å². The number of allylic oxidation sites excluding steroid dienone is 2. The number of thiazole rings is 1. The van der Waals surface area contributed by atoms with Crippen molar-refractivity contribution in [2.24, 2.45) is 18.9 Å². The van der Waals surface area contributed by atoms with Crippen LogP contribution in [0.4, 0.5) is 21.0 Å². The summed E-state index contributed by atoms with van der Waals surface area (Å²) in [4.78, 5) is 14.8. The number of pyridine rings is 1. The van der Waals surface area contributed by atoms with Crippen molar-refractivity contribution in [1.82, 2.24) is 30.0 Å². The highest BCUT2D eigenvalue weighted by molar-refractivity contribution is 7.22. The Labute approximate surface area is 430 Å². The summed E-state index contributed by atoms with van der Waals surface area (Å²) in [5, 5.41) is 16.4. The van der Waals surface area contributed by atoms with Crippen molar-refractivity contribution in [3.63, 3.8) is 0 Å². The minimum absolute atomic E-state index is 0.0475. The number of fused-ring (bicyclic) bond motifs is 3. The minimum atomic E-state index is -0.315. The Morgan fingerprint density at radius 2 is 1.72 bits per heavy atom. The highest BCUT2D eigenvalue weighted by Crippen LogP contribution is 2.37. The lowest BCUT2D eigenvalue weighted by atomic mass is 9.86. The van der Waals surface area contributed by atoms with Crippen LogP contribution < -0.4 is 20.9 Å². The molecule has 0 amide bonds. The molecule has 2 unspecified atom stereocenters. The second kappa shape index (κ2) is 22.3. The molecule has 72 heavy (non-hydrogen) atoms. The number of hydrogen-bond donors (Lipinski definition) is 3. The molecular formula is C61H70FN9S. The fraction of sp³-hybridized carbons (Fsp3) is 0.328. The number of anilines is 3. The molecule has 1 fully saturated rings. The number of aryl methyl sites for hydroxylation is 2. The van der Waals surface area contributed by atoms with E-state index in [2.05, 4.69) is 127 Å². The number of para-hydroxylation sites is 1. The van der Waals surface area contributed by atoms with E-state index < -0.39 is 0 Å². The summed E-state index contributed by atoms with van der Waals surface area (Å²) < 4.78 is 18.9. The number of aromatic nitrogens is 4. The topological polar surface area (TPSA) is 86.2 Å². The molecule has 0 aliphatic carbocycles. The molecule has 7 aromatic rings. The van der Waals surface area contributed by atoms with Crippen LogP contribution in [0.5, 0.6) is 0 Å². The maximum absolute atomic E-state index is 16.1. The maximum atomic E-state index is 16.1. The molecule has 2 atom stereocenters. The van der Waals surface area contributed by atoms with Crippen LogP contribution in [0.1, 0.15) is 90.6 Å². The van der Waals surface area contributed by atoms with Crippen LogP contribution >= 0.6 is 11.3 Å². The van der Waals surface area contributed by atoms with Crippen LogP contribution in [0.3, 0.4) is 0 Å². The molecule has 11 heteroatoms. The first-order chi connectivity index (χ1) is 34.9. The van der Waals surface area contributed by atoms with Crippen LogP contribution in [0.2, 0.25) is 0 Å². The Bertz CT molecular complexity index is 3120. The third-order valence-electron chi connectivity index (χ3n) is 14.9. The van der Waals surface area contributed by atoms with Crippen molar-refractivity contribution in [3.05, 3.63) is 180 Å². The summed E-state index contributed by atoms with van der Waals surface area (Å²) in [5.74, 6) is 1.89. The lowest BCUT2D eigenvalue weighted by Crippen LogP contribution is -2.36. The zero-order valence-electron chi connectivity index (χ0n) is 42.7. The van der Waals surface area contributed by atoms with Gasteiger partial charge in [0, 0.05) is 73.3 Å². The van der Waals surface area contributed by atoms with Crippen molar-refractivity contribution >= 4 is 60.9 Å². The van der Waals surface area contributed by atoms with Crippen LogP contribution in [0.15, 0.2) is 135 Å². The summed E-state index contributed by atoms with van der Waals surface area (Å²) >= 11 is 1.64. The molecule has 9 rings (SSSR count). The van der Waals surface area contributed by atoms with Crippen molar-refractivity contribution in [2.45, 2.75) is 77.7 Å². The van der Waals surface area contributed by atoms with Crippen LogP contribution in [0.25, 0.3) is 44.0 Å². The van der Waals surface area contributed by atoms with Gasteiger partial charge in [-0.05, 0) is 141 Å². The van der Waals surface area contributed by atoms with Gasteiger partial charge in [-0.2, -0.15) is 5.10 Å². The zero-order valence-corrected chi connectivity index (χ0v) is 43.5. The van der Waals surface area contributed by atoms with E-state index in [0.29, 0.717) is 29.6 Å². The summed E-state index contributed by atoms with van der Waals surface area (Å²) in [6, 6.07) is 29.9. The number of nitrogens with zero attached hydrogens (tertiary/aromatic N) is 6. The van der Waals surface area contributed by atoms with Gasteiger partial charge in [0.1, 0.15) is 11.3 Å². The van der Waals surface area contributed by atoms with Gasteiger partial charge in [-0.15, -0.1) is 6.58 Å². The van der Waals surface area contributed by atoms with Gasteiger partial charge in [0.2, 0.25) is 0 Å². The SMILES string of the molecule is C=CCCC(C(=C)NC)c1nn(C)c2c(F)c(NC(=C)CN3CCC(CCC(C)Cc4ccc(-c5ccc(N6CCc7cccc(C(=C)Nc8nc9ccccc9s8)c7C6)nc5C=C)c(C)c4)CC3)ccc12. The average Bonchev–Trinajstić information content (AvgIpc) is 3.96. The van der Waals surface area contributed by atoms with Crippen molar-refractivity contribution in [3.8, 4) is 11.1 Å². The number of benzene rings is 4. The van der Waals surface area contributed by atoms with E-state index in [9.17, 15) is 0 Å². The van der Waals surface area contributed by atoms with Gasteiger partial charge in [-0.3, -0.25) is 9.58 Å². The summed E-state index contributed by atoms with van der Waals surface area (Å²) in [6.45, 7) is 30.0. The van der Waals surface area contributed by atoms with Gasteiger partial charge in [-0.25, -0.2) is 14.4 Å². The number of halogens is 1. The molecular weight excluding hydrogens is 910 g/mol. The molecule has 0 spiro atoms. The number of hydrogen-bond acceptors (Lipinski definition) is 9. The Balaban J connectivity index is 0.751. The number of rotatable bonds is 21. The molecule has 5 heterocycles. The first kappa shape index (κ1) is 50.1. The van der Waals surface area contributed by atoms with Crippen LogP contribution in [-0.4, -0.2) is 57.9 Å². The van der Waals surface area contributed by atoms with Gasteiger partial charge < -0.3 is 20.9 Å². The molecule has 3 aromatic heterocycles. The summed E-state index contributed by atoms with van der Waals surface area (Å²) in [7, 11) is 3.66. The molecule has 372 valence electrons. The molecule has 0 saturated carbocycles. The quantitative estimate of drug-likeness (QED) is 0.0614. The highest BCUT2D eigenvalue weighted by Gasteiger charge is 2.26. The Morgan fingerprint density at radius 1 is 0.917 bits per heavy atom. The predicted octanol–water partition coefficient (Wildman–Crippen LogP) is 14.1. The standard InChI is InChI=1S/C61H70FN9S/c1-10-12-17-49(42(6)63-8)59-51-25-27-55(58(62)60(51)69(9)68-59)64-41(5)37-70-32-29-44(30-33-70)22-21-39(3)35-45-23-24-47(40(4)36-45)50-26-28-57(66-53(50)11-2)71-34-31-46-16-15-18-48(52(46)38-71)43(7)65-61-67-54-19-13-14-20-56(54)72-61/h10-11,13-16,18-20,23-28,36,39,44,49,63-64H,1-2,5-7,12,17,21-22,29-35,37-38H2,3-4,8-9H3,(H,65,67). The minimum Gasteiger partial charge on any atom is -0.391 e. The molecule has 0 radical (unpaired) electrons. The smallest absolute Gasteiger partial charge is 0.188 e. The van der Waals surface area contributed by atoms with E-state index >= 15 is 4.39 Å². The molecule has 1 saturated heterocycles. The lowest BCUT2D eigenvalue weighted by molar-refractivity contribution is 0.186. The van der Waals surface area contributed by atoms with Crippen LogP contribution in [0, 0.1) is 24.6 Å². The fourth-order valence-corrected chi connectivity index (χ4v) is 11.9. The molecule has 9 nitrogen and oxygen atoms in total. The highest BCUT2D eigenvalue weighted by atomic mass is 32.1. The van der Waals surface area contributed by atoms with E-state index in [1.807, 2.05) is 49.5 Å². The first-order valence-corrected chi connectivity index (χ1v) is 26.4. The molecule has 2 aliphatic rings. The normalized spacial score (nSPS) is 15.0. The summed E-state index contributed by atoms with van der Waals surface area (Å²) in [5.41, 5.74) is 14.8. The number of likely N-dealkylation sites (N-methyl/N-ethyl adjacent to an activating group) is 1. The number of nitrogens with one attached hydrogen (secondary N) is 3. The third kappa shape index (κ3) is 11.0. The first-order valence-electron chi connectivity index (χ1n) is 25.6. The van der Waals surface area contributed by atoms with E-state index in [-0.39, 0.29) is 11.7 Å². The van der Waals surface area contributed by atoms with Gasteiger partial charge in [0.15, 0.2) is 10.9 Å². The number of piperidine rings is 1. The Hall–Kier alpha value is -6.82. The third-order valence-corrected chi connectivity index (χ3v) is 15.9. The van der Waals surface area contributed by atoms with E-state index in [4.69, 9.17) is 15.1 Å². The Morgan fingerprint density at radius 3 is 2.49 bits per heavy atom. The lowest BCUT2D eigenvalue weighted by Gasteiger charge is -2.33. The maximum Gasteiger partial charge on any atom is 0.188 e. The summed E-state index contributed by atoms with van der Waals surface area (Å²) in [6.07, 6.45) is 12.2. The average molecular weight is 980 g/mol. The fourth-order valence-electron chi connectivity index (χ4n) is 11.0. The van der Waals surface area contributed by atoms with Gasteiger partial charge in [0.05, 0.1) is 27.3 Å². The van der Waals surface area contributed by atoms with Crippen molar-refractivity contribution in [1.29, 1.82) is 0 Å². The molecule has 2 aliphatic heterocycles. The van der Waals surface area contributed by atoms with Gasteiger partial charge >= 0.3 is 0 Å². The number of likely N-dealkylation sites (tertiary alicyclic amines) is 1. The largest absolute Gasteiger partial charge is 0.391 e. The van der Waals surface area contributed by atoms with Crippen molar-refractivity contribution in [2.75, 3.05) is 48.8 Å². The van der Waals surface area contributed by atoms with E-state index in [1.54, 1.807) is 23.1 Å². The van der Waals surface area contributed by atoms with Gasteiger partial charge in [0.25, 0.3) is 0 Å². The molecule has 3 N–H and O–H groups in total. The second-order valence-electron chi connectivity index (χ2n) is 20.0. The molecule has 4 aromatic carbocycles. The predicted molar refractivity (Wildman–Crippen MR) is 303 cm³/mol. The van der Waals surface area contributed by atoms with E-state index in [0.717, 1.165) is 118 Å². The zero-order chi connectivity index (χ0) is 50.5.